The number of carbonyl (C=O) groups is 1. The van der Waals surface area contributed by atoms with Crippen molar-refractivity contribution in [1.82, 2.24) is 15.2 Å². The quantitative estimate of drug-likeness (QED) is 0.908. The number of urea groups is 1. The van der Waals surface area contributed by atoms with Crippen molar-refractivity contribution >= 4 is 34.9 Å². The van der Waals surface area contributed by atoms with Gasteiger partial charge in [0.15, 0.2) is 0 Å². The zero-order valence-corrected chi connectivity index (χ0v) is 13.2. The third-order valence-corrected chi connectivity index (χ3v) is 4.39. The number of halogens is 2. The lowest BCUT2D eigenvalue weighted by atomic mass is 10.3. The molecule has 0 radical (unpaired) electrons. The predicted molar refractivity (Wildman–Crippen MR) is 84.2 cm³/mol. The van der Waals surface area contributed by atoms with Crippen molar-refractivity contribution in [2.24, 2.45) is 0 Å². The summed E-state index contributed by atoms with van der Waals surface area (Å²) in [4.78, 5) is 20.1. The second-order valence-corrected chi connectivity index (χ2v) is 6.32. The summed E-state index contributed by atoms with van der Waals surface area (Å²) >= 11 is 12.4. The van der Waals surface area contributed by atoms with Crippen LogP contribution in [0.2, 0.25) is 10.0 Å². The van der Waals surface area contributed by atoms with Gasteiger partial charge in [-0.3, -0.25) is 4.98 Å². The van der Waals surface area contributed by atoms with Crippen LogP contribution >= 0.6 is 23.2 Å². The molecular weight excluding hydrogens is 311 g/mol. The van der Waals surface area contributed by atoms with Crippen LogP contribution in [0.5, 0.6) is 0 Å². The lowest BCUT2D eigenvalue weighted by molar-refractivity contribution is 0.201. The van der Waals surface area contributed by atoms with Crippen LogP contribution < -0.4 is 10.2 Å². The summed E-state index contributed by atoms with van der Waals surface area (Å²) in [6, 6.07) is 0.437. The van der Waals surface area contributed by atoms with Gasteiger partial charge in [-0.2, -0.15) is 0 Å². The average molecular weight is 329 g/mol. The summed E-state index contributed by atoms with van der Waals surface area (Å²) in [6.07, 6.45) is 6.31. The van der Waals surface area contributed by atoms with Crippen LogP contribution in [0.4, 0.5) is 10.5 Å². The summed E-state index contributed by atoms with van der Waals surface area (Å²) in [5.41, 5.74) is 0.817. The number of pyridine rings is 1. The Kier molecular flexibility index (Phi) is 4.40. The summed E-state index contributed by atoms with van der Waals surface area (Å²) in [5, 5.41) is 4.14. The van der Waals surface area contributed by atoms with Crippen LogP contribution in [0.25, 0.3) is 0 Å². The van der Waals surface area contributed by atoms with Gasteiger partial charge in [0.25, 0.3) is 0 Å². The van der Waals surface area contributed by atoms with Gasteiger partial charge in [-0.25, -0.2) is 4.79 Å². The average Bonchev–Trinajstić information content (AvgIpc) is 3.25. The molecule has 1 aliphatic heterocycles. The first-order chi connectivity index (χ1) is 10.1. The molecule has 1 saturated heterocycles. The standard InChI is InChI=1S/C14H18Cl2N4O/c15-11-8-17-9-12(16)13(11)19-4-1-5-20(7-6-19)14(21)18-10-2-3-10/h8-10H,1-7H2,(H,18,21). The number of nitrogens with one attached hydrogen (secondary N) is 1. The molecule has 1 N–H and O–H groups in total. The van der Waals surface area contributed by atoms with Crippen molar-refractivity contribution in [1.29, 1.82) is 0 Å². The zero-order chi connectivity index (χ0) is 14.8. The predicted octanol–water partition coefficient (Wildman–Crippen LogP) is 2.77. The van der Waals surface area contributed by atoms with E-state index in [1.54, 1.807) is 12.4 Å². The Hall–Kier alpha value is -1.20. The van der Waals surface area contributed by atoms with E-state index < -0.39 is 0 Å². The smallest absolute Gasteiger partial charge is 0.317 e. The Labute approximate surface area is 134 Å². The van der Waals surface area contributed by atoms with E-state index in [0.29, 0.717) is 22.6 Å². The fourth-order valence-corrected chi connectivity index (χ4v) is 3.15. The summed E-state index contributed by atoms with van der Waals surface area (Å²) < 4.78 is 0. The van der Waals surface area contributed by atoms with Crippen molar-refractivity contribution < 1.29 is 4.79 Å². The van der Waals surface area contributed by atoms with Crippen LogP contribution in [0.1, 0.15) is 19.3 Å². The van der Waals surface area contributed by atoms with Gasteiger partial charge in [-0.05, 0) is 19.3 Å². The van der Waals surface area contributed by atoms with Crippen molar-refractivity contribution in [2.75, 3.05) is 31.1 Å². The zero-order valence-electron chi connectivity index (χ0n) is 11.7. The van der Waals surface area contributed by atoms with Crippen LogP contribution in [0.15, 0.2) is 12.4 Å². The van der Waals surface area contributed by atoms with Gasteiger partial charge in [0.1, 0.15) is 0 Å². The third kappa shape index (κ3) is 3.52. The van der Waals surface area contributed by atoms with Crippen molar-refractivity contribution in [3.8, 4) is 0 Å². The normalized spacial score (nSPS) is 19.3. The first-order valence-corrected chi connectivity index (χ1v) is 8.00. The molecule has 1 saturated carbocycles. The summed E-state index contributed by atoms with van der Waals surface area (Å²) in [5.74, 6) is 0. The Morgan fingerprint density at radius 1 is 1.14 bits per heavy atom. The molecule has 1 aromatic heterocycles. The maximum absolute atomic E-state index is 12.1. The van der Waals surface area contributed by atoms with Gasteiger partial charge >= 0.3 is 6.03 Å². The molecule has 0 aromatic carbocycles. The number of hydrogen-bond donors (Lipinski definition) is 1. The highest BCUT2D eigenvalue weighted by molar-refractivity contribution is 6.38. The molecular formula is C14H18Cl2N4O. The van der Waals surface area contributed by atoms with E-state index in [0.717, 1.165) is 44.6 Å². The van der Waals surface area contributed by atoms with Crippen LogP contribution in [0.3, 0.4) is 0 Å². The number of anilines is 1. The second kappa shape index (κ2) is 6.28. The molecule has 0 bridgehead atoms. The first kappa shape index (κ1) is 14.7. The molecule has 1 aromatic rings. The minimum atomic E-state index is 0.0475. The van der Waals surface area contributed by atoms with Crippen LogP contribution in [-0.2, 0) is 0 Å². The minimum Gasteiger partial charge on any atom is -0.367 e. The number of aromatic nitrogens is 1. The number of hydrogen-bond acceptors (Lipinski definition) is 3. The molecule has 2 amide bonds. The Balaban J connectivity index is 1.66. The molecule has 21 heavy (non-hydrogen) atoms. The molecule has 2 heterocycles. The van der Waals surface area contributed by atoms with Gasteiger partial charge in [0.2, 0.25) is 0 Å². The molecule has 0 atom stereocenters. The van der Waals surface area contributed by atoms with E-state index in [-0.39, 0.29) is 6.03 Å². The Morgan fingerprint density at radius 3 is 2.52 bits per heavy atom. The van der Waals surface area contributed by atoms with E-state index in [1.807, 2.05) is 4.90 Å². The molecule has 5 nitrogen and oxygen atoms in total. The van der Waals surface area contributed by atoms with Crippen molar-refractivity contribution in [3.05, 3.63) is 22.4 Å². The van der Waals surface area contributed by atoms with Gasteiger partial charge in [0.05, 0.1) is 15.7 Å². The van der Waals surface area contributed by atoms with Crippen LogP contribution in [-0.4, -0.2) is 48.1 Å². The van der Waals surface area contributed by atoms with E-state index in [9.17, 15) is 4.79 Å². The maximum atomic E-state index is 12.1. The third-order valence-electron chi connectivity index (χ3n) is 3.83. The summed E-state index contributed by atoms with van der Waals surface area (Å²) in [6.45, 7) is 2.99. The number of amides is 2. The topological polar surface area (TPSA) is 48.5 Å². The SMILES string of the molecule is O=C(NC1CC1)N1CCCN(c2c(Cl)cncc2Cl)CC1. The minimum absolute atomic E-state index is 0.0475. The highest BCUT2D eigenvalue weighted by Gasteiger charge is 2.27. The lowest BCUT2D eigenvalue weighted by Gasteiger charge is -2.25. The lowest BCUT2D eigenvalue weighted by Crippen LogP contribution is -2.42. The van der Waals surface area contributed by atoms with Crippen molar-refractivity contribution in [3.63, 3.8) is 0 Å². The van der Waals surface area contributed by atoms with E-state index in [2.05, 4.69) is 15.2 Å². The molecule has 1 aliphatic carbocycles. The van der Waals surface area contributed by atoms with Gasteiger partial charge < -0.3 is 15.1 Å². The highest BCUT2D eigenvalue weighted by atomic mass is 35.5. The number of nitrogens with zero attached hydrogens (tertiary/aromatic N) is 3. The molecule has 0 unspecified atom stereocenters. The van der Waals surface area contributed by atoms with Gasteiger partial charge in [-0.1, -0.05) is 23.2 Å². The van der Waals surface area contributed by atoms with E-state index in [1.165, 1.54) is 0 Å². The van der Waals surface area contributed by atoms with Gasteiger partial charge in [0, 0.05) is 44.6 Å². The molecule has 7 heteroatoms. The van der Waals surface area contributed by atoms with Gasteiger partial charge in [-0.15, -0.1) is 0 Å². The fraction of sp³-hybridized carbons (Fsp3) is 0.571. The largest absolute Gasteiger partial charge is 0.367 e. The first-order valence-electron chi connectivity index (χ1n) is 7.24. The fourth-order valence-electron chi connectivity index (χ4n) is 2.54. The van der Waals surface area contributed by atoms with E-state index >= 15 is 0 Å². The molecule has 2 fully saturated rings. The van der Waals surface area contributed by atoms with E-state index in [4.69, 9.17) is 23.2 Å². The van der Waals surface area contributed by atoms with Crippen LogP contribution in [0, 0.1) is 0 Å². The highest BCUT2D eigenvalue weighted by Crippen LogP contribution is 2.33. The number of rotatable bonds is 2. The molecule has 0 spiro atoms. The summed E-state index contributed by atoms with van der Waals surface area (Å²) in [7, 11) is 0. The molecule has 114 valence electrons. The second-order valence-electron chi connectivity index (χ2n) is 5.50. The monoisotopic (exact) mass is 328 g/mol. The Bertz CT molecular complexity index is 515. The molecule has 3 rings (SSSR count). The maximum Gasteiger partial charge on any atom is 0.317 e. The Morgan fingerprint density at radius 2 is 1.86 bits per heavy atom. The number of carbonyl (C=O) groups excluding carboxylic acids is 1. The molecule has 2 aliphatic rings. The van der Waals surface area contributed by atoms with Crippen molar-refractivity contribution in [2.45, 2.75) is 25.3 Å².